The van der Waals surface area contributed by atoms with Gasteiger partial charge in [-0.1, -0.05) is 26.0 Å². The second-order valence-corrected chi connectivity index (χ2v) is 9.30. The van der Waals surface area contributed by atoms with Crippen LogP contribution in [0.5, 0.6) is 5.75 Å². The van der Waals surface area contributed by atoms with Crippen LogP contribution in [-0.2, 0) is 29.6 Å². The van der Waals surface area contributed by atoms with Crippen molar-refractivity contribution in [3.8, 4) is 5.75 Å². The highest BCUT2D eigenvalue weighted by Crippen LogP contribution is 2.48. The lowest BCUT2D eigenvalue weighted by molar-refractivity contribution is -0.142. The molecular formula is C21H35N2O7P. The summed E-state index contributed by atoms with van der Waals surface area (Å²) in [7, 11) is -0.668. The number of nitrogens with one attached hydrogen (secondary N) is 1. The van der Waals surface area contributed by atoms with Crippen LogP contribution in [0.4, 0.5) is 4.79 Å². The zero-order valence-corrected chi connectivity index (χ0v) is 20.1. The minimum atomic E-state index is -3.50. The second kappa shape index (κ2) is 13.3. The molecule has 176 valence electrons. The maximum atomic E-state index is 13.0. The number of methoxy groups -OCH3 is 2. The van der Waals surface area contributed by atoms with Gasteiger partial charge in [-0.3, -0.25) is 4.57 Å². The zero-order chi connectivity index (χ0) is 23.4. The summed E-state index contributed by atoms with van der Waals surface area (Å²) in [5.74, 6) is 0.209. The number of carbonyl (C=O) groups excluding carboxylic acids is 2. The van der Waals surface area contributed by atoms with Gasteiger partial charge in [-0.25, -0.2) is 9.59 Å². The highest BCUT2D eigenvalue weighted by molar-refractivity contribution is 7.53. The largest absolute Gasteiger partial charge is 0.497 e. The molecule has 0 radical (unpaired) electrons. The van der Waals surface area contributed by atoms with Crippen molar-refractivity contribution in [2.45, 2.75) is 40.2 Å². The van der Waals surface area contributed by atoms with Crippen LogP contribution in [0.2, 0.25) is 0 Å². The molecule has 1 atom stereocenters. The van der Waals surface area contributed by atoms with E-state index in [0.717, 1.165) is 5.56 Å². The summed E-state index contributed by atoms with van der Waals surface area (Å²) < 4.78 is 33.6. The molecule has 0 saturated carbocycles. The highest BCUT2D eigenvalue weighted by atomic mass is 31.2. The van der Waals surface area contributed by atoms with Crippen molar-refractivity contribution in [2.24, 2.45) is 5.92 Å². The van der Waals surface area contributed by atoms with E-state index >= 15 is 0 Å². The van der Waals surface area contributed by atoms with E-state index in [1.807, 2.05) is 26.0 Å². The van der Waals surface area contributed by atoms with Crippen LogP contribution < -0.4 is 10.1 Å². The molecule has 1 aromatic carbocycles. The Morgan fingerprint density at radius 1 is 1.06 bits per heavy atom. The summed E-state index contributed by atoms with van der Waals surface area (Å²) in [5.41, 5.74) is 0.821. The van der Waals surface area contributed by atoms with Crippen LogP contribution in [0, 0.1) is 5.92 Å². The van der Waals surface area contributed by atoms with E-state index in [2.05, 4.69) is 5.32 Å². The van der Waals surface area contributed by atoms with Crippen molar-refractivity contribution in [3.05, 3.63) is 29.8 Å². The molecule has 0 aromatic heterocycles. The van der Waals surface area contributed by atoms with E-state index in [9.17, 15) is 14.2 Å². The zero-order valence-electron chi connectivity index (χ0n) is 19.3. The Morgan fingerprint density at radius 3 is 2.10 bits per heavy atom. The number of ether oxygens (including phenoxy) is 2. The lowest BCUT2D eigenvalue weighted by atomic mass is 10.1. The third kappa shape index (κ3) is 9.29. The first-order valence-corrected chi connectivity index (χ1v) is 12.0. The molecule has 1 rings (SSSR count). The third-order valence-corrected chi connectivity index (χ3v) is 6.24. The number of hydrogen-bond acceptors (Lipinski definition) is 7. The summed E-state index contributed by atoms with van der Waals surface area (Å²) in [6, 6.07) is 5.71. The molecule has 0 aliphatic carbocycles. The Labute approximate surface area is 184 Å². The summed E-state index contributed by atoms with van der Waals surface area (Å²) >= 11 is 0. The van der Waals surface area contributed by atoms with Gasteiger partial charge in [-0.15, -0.1) is 0 Å². The fraction of sp³-hybridized carbons (Fsp3) is 0.619. The van der Waals surface area contributed by atoms with Gasteiger partial charge in [0.25, 0.3) is 0 Å². The van der Waals surface area contributed by atoms with E-state index in [1.54, 1.807) is 33.1 Å². The summed E-state index contributed by atoms with van der Waals surface area (Å²) in [5, 5.41) is 2.71. The molecular weight excluding hydrogens is 423 g/mol. The van der Waals surface area contributed by atoms with E-state index in [0.29, 0.717) is 12.3 Å². The van der Waals surface area contributed by atoms with Gasteiger partial charge in [0.15, 0.2) is 0 Å². The average molecular weight is 458 g/mol. The molecule has 0 saturated heterocycles. The van der Waals surface area contributed by atoms with Gasteiger partial charge < -0.3 is 28.7 Å². The van der Waals surface area contributed by atoms with Gasteiger partial charge >= 0.3 is 19.6 Å². The molecule has 2 amide bonds. The predicted octanol–water partition coefficient (Wildman–Crippen LogP) is 3.67. The maximum Gasteiger partial charge on any atom is 0.349 e. The maximum absolute atomic E-state index is 13.0. The summed E-state index contributed by atoms with van der Waals surface area (Å²) in [6.45, 7) is 7.98. The summed E-state index contributed by atoms with van der Waals surface area (Å²) in [4.78, 5) is 26.7. The van der Waals surface area contributed by atoms with Crippen LogP contribution in [0.3, 0.4) is 0 Å². The number of nitrogens with zero attached hydrogens (tertiary/aromatic N) is 1. The van der Waals surface area contributed by atoms with Crippen molar-refractivity contribution in [1.82, 2.24) is 10.2 Å². The highest BCUT2D eigenvalue weighted by Gasteiger charge is 2.32. The van der Waals surface area contributed by atoms with Gasteiger partial charge in [-0.05, 0) is 37.5 Å². The molecule has 0 heterocycles. The fourth-order valence-electron chi connectivity index (χ4n) is 2.94. The van der Waals surface area contributed by atoms with Crippen molar-refractivity contribution >= 4 is 19.6 Å². The molecule has 1 aromatic rings. The fourth-order valence-corrected chi connectivity index (χ4v) is 4.63. The van der Waals surface area contributed by atoms with Crippen LogP contribution in [0.1, 0.15) is 33.3 Å². The number of benzene rings is 1. The van der Waals surface area contributed by atoms with Crippen molar-refractivity contribution in [2.75, 3.05) is 40.3 Å². The molecule has 0 unspecified atom stereocenters. The molecule has 0 aliphatic heterocycles. The average Bonchev–Trinajstić information content (AvgIpc) is 2.72. The minimum Gasteiger partial charge on any atom is -0.497 e. The Hall–Kier alpha value is -2.09. The molecule has 0 fully saturated rings. The summed E-state index contributed by atoms with van der Waals surface area (Å²) in [6.07, 6.45) is 0.0155. The third-order valence-electron chi connectivity index (χ3n) is 4.25. The Morgan fingerprint density at radius 2 is 1.65 bits per heavy atom. The Balaban J connectivity index is 3.02. The number of esters is 1. The van der Waals surface area contributed by atoms with E-state index in [-0.39, 0.29) is 31.8 Å². The predicted molar refractivity (Wildman–Crippen MR) is 118 cm³/mol. The van der Waals surface area contributed by atoms with Gasteiger partial charge in [-0.2, -0.15) is 0 Å². The van der Waals surface area contributed by atoms with Gasteiger partial charge in [0.2, 0.25) is 0 Å². The molecule has 9 nitrogen and oxygen atoms in total. The monoisotopic (exact) mass is 458 g/mol. The van der Waals surface area contributed by atoms with Gasteiger partial charge in [0.1, 0.15) is 18.1 Å². The number of rotatable bonds is 13. The number of carbonyl (C=O) groups is 2. The van der Waals surface area contributed by atoms with Crippen LogP contribution in [0.25, 0.3) is 0 Å². The molecule has 0 spiro atoms. The van der Waals surface area contributed by atoms with Crippen molar-refractivity contribution in [3.63, 3.8) is 0 Å². The van der Waals surface area contributed by atoms with Crippen LogP contribution in [0.15, 0.2) is 24.3 Å². The lowest BCUT2D eigenvalue weighted by Crippen LogP contribution is -2.50. The molecule has 31 heavy (non-hydrogen) atoms. The lowest BCUT2D eigenvalue weighted by Gasteiger charge is -2.29. The molecule has 10 heteroatoms. The number of hydrogen-bond donors (Lipinski definition) is 1. The molecule has 0 bridgehead atoms. The smallest absolute Gasteiger partial charge is 0.349 e. The standard InChI is InChI=1S/C21H35N2O7P/c1-7-29-31(26,30-8-2)15-23(14-16(3)4)21(25)22-19(20(24)28-6)13-17-9-11-18(27-5)12-10-17/h9-12,16,19H,7-8,13-15H2,1-6H3,(H,22,25)/t19-/m0/s1. The van der Waals surface area contributed by atoms with Crippen molar-refractivity contribution < 1.29 is 32.7 Å². The first-order chi connectivity index (χ1) is 14.7. The van der Waals surface area contributed by atoms with Gasteiger partial charge in [0, 0.05) is 13.0 Å². The Kier molecular flexibility index (Phi) is 11.6. The van der Waals surface area contributed by atoms with Gasteiger partial charge in [0.05, 0.1) is 27.4 Å². The van der Waals surface area contributed by atoms with Crippen molar-refractivity contribution in [1.29, 1.82) is 0 Å². The van der Waals surface area contributed by atoms with Crippen LogP contribution in [-0.4, -0.2) is 63.2 Å². The number of urea groups is 1. The first-order valence-electron chi connectivity index (χ1n) is 10.3. The first kappa shape index (κ1) is 26.9. The van der Waals surface area contributed by atoms with E-state index in [4.69, 9.17) is 18.5 Å². The normalized spacial score (nSPS) is 12.4. The topological polar surface area (TPSA) is 103 Å². The quantitative estimate of drug-likeness (QED) is 0.355. The number of amides is 2. The minimum absolute atomic E-state index is 0.0978. The second-order valence-electron chi connectivity index (χ2n) is 7.28. The SMILES string of the molecule is CCOP(=O)(CN(CC(C)C)C(=O)N[C@@H](Cc1ccc(OC)cc1)C(=O)OC)OCC. The molecule has 1 N–H and O–H groups in total. The Bertz CT molecular complexity index is 730. The molecule has 0 aliphatic rings. The van der Waals surface area contributed by atoms with E-state index < -0.39 is 25.6 Å². The van der Waals surface area contributed by atoms with E-state index in [1.165, 1.54) is 12.0 Å². The van der Waals surface area contributed by atoms with Crippen LogP contribution >= 0.6 is 7.60 Å².